The van der Waals surface area contributed by atoms with Crippen molar-refractivity contribution in [2.45, 2.75) is 32.8 Å². The molecule has 1 unspecified atom stereocenters. The van der Waals surface area contributed by atoms with Crippen molar-refractivity contribution in [2.24, 2.45) is 0 Å². The van der Waals surface area contributed by atoms with E-state index in [0.29, 0.717) is 17.5 Å². The number of esters is 1. The molecule has 0 saturated carbocycles. The van der Waals surface area contributed by atoms with Gasteiger partial charge in [0.05, 0.1) is 18.4 Å². The lowest BCUT2D eigenvalue weighted by atomic mass is 10.2. The molecule has 0 heterocycles. The molecule has 0 bridgehead atoms. The fraction of sp³-hybridized carbons (Fsp3) is 0.318. The minimum Gasteiger partial charge on any atom is -0.495 e. The van der Waals surface area contributed by atoms with Crippen molar-refractivity contribution in [3.8, 4) is 5.75 Å². The summed E-state index contributed by atoms with van der Waals surface area (Å²) in [5.41, 5.74) is 1.09. The van der Waals surface area contributed by atoms with Crippen molar-refractivity contribution in [2.75, 3.05) is 19.0 Å². The first-order chi connectivity index (χ1) is 14.7. The third-order valence-electron chi connectivity index (χ3n) is 4.31. The highest BCUT2D eigenvalue weighted by Gasteiger charge is 2.19. The molecule has 0 aliphatic carbocycles. The van der Waals surface area contributed by atoms with Crippen LogP contribution in [0.3, 0.4) is 0 Å². The number of amides is 2. The third-order valence-corrected chi connectivity index (χ3v) is 4.31. The number of rotatable bonds is 9. The number of anilines is 1. The van der Waals surface area contributed by atoms with Gasteiger partial charge in [0.25, 0.3) is 11.8 Å². The van der Waals surface area contributed by atoms with Crippen molar-refractivity contribution in [3.05, 3.63) is 59.2 Å². The Labute approximate surface area is 178 Å². The van der Waals surface area contributed by atoms with Gasteiger partial charge in [-0.1, -0.05) is 6.07 Å². The molecule has 0 aliphatic rings. The maximum atomic E-state index is 13.6. The quantitative estimate of drug-likeness (QED) is 0.466. The average molecular weight is 434 g/mol. The Morgan fingerprint density at radius 2 is 1.84 bits per heavy atom. The summed E-state index contributed by atoms with van der Waals surface area (Å²) in [4.78, 5) is 36.1. The third kappa shape index (κ3) is 7.06. The van der Waals surface area contributed by atoms with Gasteiger partial charge in [-0.05, 0) is 50.1 Å². The fourth-order valence-electron chi connectivity index (χ4n) is 2.67. The first kappa shape index (κ1) is 23.8. The maximum Gasteiger partial charge on any atom is 0.306 e. The van der Waals surface area contributed by atoms with Crippen LogP contribution in [0.15, 0.2) is 36.4 Å². The molecule has 0 spiro atoms. The lowest BCUT2D eigenvalue weighted by Crippen LogP contribution is -2.30. The van der Waals surface area contributed by atoms with Gasteiger partial charge in [-0.25, -0.2) is 8.78 Å². The van der Waals surface area contributed by atoms with Crippen molar-refractivity contribution >= 4 is 23.5 Å². The van der Waals surface area contributed by atoms with Gasteiger partial charge in [0.15, 0.2) is 6.10 Å². The van der Waals surface area contributed by atoms with E-state index in [4.69, 9.17) is 9.47 Å². The number of hydrogen-bond acceptors (Lipinski definition) is 5. The molecule has 0 saturated heterocycles. The van der Waals surface area contributed by atoms with Crippen LogP contribution in [0.2, 0.25) is 0 Å². The summed E-state index contributed by atoms with van der Waals surface area (Å²) in [6.07, 6.45) is -0.883. The predicted molar refractivity (Wildman–Crippen MR) is 110 cm³/mol. The molecule has 2 N–H and O–H groups in total. The molecular formula is C22H24F2N2O5. The number of carbonyl (C=O) groups is 3. The average Bonchev–Trinajstić information content (AvgIpc) is 2.71. The number of methoxy groups -OCH3 is 1. The lowest BCUT2D eigenvalue weighted by molar-refractivity contribution is -0.153. The van der Waals surface area contributed by atoms with E-state index < -0.39 is 35.5 Å². The van der Waals surface area contributed by atoms with Crippen molar-refractivity contribution in [1.29, 1.82) is 0 Å². The smallest absolute Gasteiger partial charge is 0.306 e. The number of halogens is 2. The number of nitrogens with one attached hydrogen (secondary N) is 2. The summed E-state index contributed by atoms with van der Waals surface area (Å²) in [6, 6.07) is 7.92. The maximum absolute atomic E-state index is 13.6. The number of hydrogen-bond donors (Lipinski definition) is 2. The van der Waals surface area contributed by atoms with Crippen LogP contribution in [0.5, 0.6) is 5.75 Å². The summed E-state index contributed by atoms with van der Waals surface area (Å²) >= 11 is 0. The molecule has 0 aliphatic heterocycles. The van der Waals surface area contributed by atoms with Crippen LogP contribution in [-0.2, 0) is 14.3 Å². The summed E-state index contributed by atoms with van der Waals surface area (Å²) in [7, 11) is 1.48. The SMILES string of the molecule is COc1ccc(C)cc1NC(=O)C(C)OC(=O)CCCNC(=O)c1ccc(F)cc1F. The molecule has 0 aromatic heterocycles. The number of aryl methyl sites for hydroxylation is 1. The molecule has 0 fully saturated rings. The minimum absolute atomic E-state index is 0.0580. The Hall–Kier alpha value is -3.49. The zero-order valence-corrected chi connectivity index (χ0v) is 17.5. The first-order valence-electron chi connectivity index (χ1n) is 9.59. The van der Waals surface area contributed by atoms with E-state index in [1.54, 1.807) is 12.1 Å². The number of ether oxygens (including phenoxy) is 2. The second-order valence-corrected chi connectivity index (χ2v) is 6.81. The van der Waals surface area contributed by atoms with Crippen LogP contribution in [0, 0.1) is 18.6 Å². The van der Waals surface area contributed by atoms with Crippen LogP contribution >= 0.6 is 0 Å². The summed E-state index contributed by atoms with van der Waals surface area (Å²) in [6.45, 7) is 3.38. The Morgan fingerprint density at radius 3 is 2.52 bits per heavy atom. The highest BCUT2D eigenvalue weighted by atomic mass is 19.1. The van der Waals surface area contributed by atoms with Crippen molar-refractivity contribution < 1.29 is 32.6 Å². The van der Waals surface area contributed by atoms with Crippen molar-refractivity contribution in [1.82, 2.24) is 5.32 Å². The van der Waals surface area contributed by atoms with Gasteiger partial charge in [-0.2, -0.15) is 0 Å². The largest absolute Gasteiger partial charge is 0.495 e. The van der Waals surface area contributed by atoms with E-state index in [2.05, 4.69) is 10.6 Å². The second kappa shape index (κ2) is 11.1. The van der Waals surface area contributed by atoms with Crippen LogP contribution in [0.4, 0.5) is 14.5 Å². The van der Waals surface area contributed by atoms with Gasteiger partial charge in [0, 0.05) is 19.0 Å². The summed E-state index contributed by atoms with van der Waals surface area (Å²) in [5, 5.41) is 5.10. The second-order valence-electron chi connectivity index (χ2n) is 6.81. The summed E-state index contributed by atoms with van der Waals surface area (Å²) < 4.78 is 36.7. The molecule has 0 radical (unpaired) electrons. The highest BCUT2D eigenvalue weighted by molar-refractivity contribution is 5.96. The van der Waals surface area contributed by atoms with Crippen LogP contribution in [0.1, 0.15) is 35.7 Å². The Kier molecular flexibility index (Phi) is 8.48. The lowest BCUT2D eigenvalue weighted by Gasteiger charge is -2.15. The summed E-state index contributed by atoms with van der Waals surface area (Å²) in [5.74, 6) is -3.13. The monoisotopic (exact) mass is 434 g/mol. The number of carbonyl (C=O) groups excluding carboxylic acids is 3. The molecule has 1 atom stereocenters. The van der Waals surface area contributed by atoms with Crippen molar-refractivity contribution in [3.63, 3.8) is 0 Å². The molecule has 2 amide bonds. The van der Waals surface area contributed by atoms with E-state index in [9.17, 15) is 23.2 Å². The van der Waals surface area contributed by atoms with Gasteiger partial charge in [-0.3, -0.25) is 14.4 Å². The van der Waals surface area contributed by atoms with E-state index in [-0.39, 0.29) is 24.9 Å². The van der Waals surface area contributed by atoms with E-state index in [1.807, 2.05) is 13.0 Å². The Morgan fingerprint density at radius 1 is 1.10 bits per heavy atom. The molecule has 166 valence electrons. The van der Waals surface area contributed by atoms with E-state index in [0.717, 1.165) is 17.7 Å². The Bertz CT molecular complexity index is 965. The molecule has 2 aromatic rings. The first-order valence-corrected chi connectivity index (χ1v) is 9.59. The minimum atomic E-state index is -1.04. The van der Waals surface area contributed by atoms with Gasteiger partial charge in [-0.15, -0.1) is 0 Å². The zero-order chi connectivity index (χ0) is 23.0. The topological polar surface area (TPSA) is 93.7 Å². The molecular weight excluding hydrogens is 410 g/mol. The fourth-order valence-corrected chi connectivity index (χ4v) is 2.67. The van der Waals surface area contributed by atoms with Gasteiger partial charge >= 0.3 is 5.97 Å². The molecule has 31 heavy (non-hydrogen) atoms. The van der Waals surface area contributed by atoms with E-state index in [1.165, 1.54) is 14.0 Å². The van der Waals surface area contributed by atoms with Crippen LogP contribution < -0.4 is 15.4 Å². The standard InChI is InChI=1S/C22H24F2N2O5/c1-13-6-9-19(30-3)18(11-13)26-21(28)14(2)31-20(27)5-4-10-25-22(29)16-8-7-15(23)12-17(16)24/h6-9,11-12,14H,4-5,10H2,1-3H3,(H,25,29)(H,26,28). The van der Waals surface area contributed by atoms with Crippen LogP contribution in [0.25, 0.3) is 0 Å². The Balaban J connectivity index is 1.76. The van der Waals surface area contributed by atoms with E-state index >= 15 is 0 Å². The zero-order valence-electron chi connectivity index (χ0n) is 17.5. The predicted octanol–water partition coefficient (Wildman–Crippen LogP) is 3.36. The highest BCUT2D eigenvalue weighted by Crippen LogP contribution is 2.25. The number of benzene rings is 2. The van der Waals surface area contributed by atoms with Crippen LogP contribution in [-0.4, -0.2) is 37.5 Å². The molecule has 2 aromatic carbocycles. The molecule has 2 rings (SSSR count). The molecule has 7 nitrogen and oxygen atoms in total. The molecule has 9 heteroatoms. The van der Waals surface area contributed by atoms with Gasteiger partial charge in [0.2, 0.25) is 0 Å². The normalized spacial score (nSPS) is 11.4. The van der Waals surface area contributed by atoms with Gasteiger partial charge < -0.3 is 20.1 Å². The van der Waals surface area contributed by atoms with Gasteiger partial charge in [0.1, 0.15) is 17.4 Å².